The van der Waals surface area contributed by atoms with Crippen molar-refractivity contribution in [1.29, 1.82) is 0 Å². The second-order valence-corrected chi connectivity index (χ2v) is 5.44. The number of phenolic OH excluding ortho intramolecular Hbond substituents is 2. The molecule has 2 aromatic rings. The van der Waals surface area contributed by atoms with Crippen molar-refractivity contribution in [3.8, 4) is 17.2 Å². The van der Waals surface area contributed by atoms with Crippen LogP contribution >= 0.6 is 0 Å². The Morgan fingerprint density at radius 2 is 1.85 bits per heavy atom. The highest BCUT2D eigenvalue weighted by Gasteiger charge is 2.28. The number of carbonyl (C=O) groups is 1. The van der Waals surface area contributed by atoms with Crippen LogP contribution in [-0.4, -0.2) is 16.2 Å². The number of phenols is 2. The molecular weight excluding hydrogens is 256 g/mol. The number of hydrogen-bond donors (Lipinski definition) is 2. The molecule has 0 aromatic heterocycles. The molecule has 0 aliphatic rings. The first-order valence-electron chi connectivity index (χ1n) is 6.52. The topological polar surface area (TPSA) is 66.8 Å². The van der Waals surface area contributed by atoms with E-state index in [1.54, 1.807) is 12.1 Å². The Labute approximate surface area is 117 Å². The van der Waals surface area contributed by atoms with Crippen LogP contribution in [0.3, 0.4) is 0 Å². The maximum absolute atomic E-state index is 12.1. The average Bonchev–Trinajstić information content (AvgIpc) is 2.42. The summed E-state index contributed by atoms with van der Waals surface area (Å²) in [5.41, 5.74) is -0.568. The zero-order chi connectivity index (χ0) is 14.9. The van der Waals surface area contributed by atoms with E-state index in [4.69, 9.17) is 4.74 Å². The normalized spacial score (nSPS) is 11.6. The molecule has 0 atom stereocenters. The summed E-state index contributed by atoms with van der Waals surface area (Å²) < 4.78 is 5.45. The number of carbonyl (C=O) groups excluding carboxylic acids is 1. The molecule has 0 spiro atoms. The Morgan fingerprint density at radius 1 is 1.15 bits per heavy atom. The maximum atomic E-state index is 12.1. The van der Waals surface area contributed by atoms with Gasteiger partial charge in [-0.2, -0.15) is 0 Å². The van der Waals surface area contributed by atoms with Gasteiger partial charge in [0.2, 0.25) is 0 Å². The smallest absolute Gasteiger partial charge is 0.316 e. The Kier molecular flexibility index (Phi) is 3.57. The van der Waals surface area contributed by atoms with E-state index in [0.29, 0.717) is 22.9 Å². The molecule has 2 aromatic carbocycles. The van der Waals surface area contributed by atoms with Crippen molar-refractivity contribution >= 4 is 16.7 Å². The molecule has 0 heterocycles. The highest BCUT2D eigenvalue weighted by Crippen LogP contribution is 2.35. The third kappa shape index (κ3) is 2.54. The molecule has 4 nitrogen and oxygen atoms in total. The molecule has 0 fully saturated rings. The van der Waals surface area contributed by atoms with Gasteiger partial charge in [0.1, 0.15) is 17.2 Å². The predicted molar refractivity (Wildman–Crippen MR) is 77.0 cm³/mol. The Balaban J connectivity index is 2.46. The lowest BCUT2D eigenvalue weighted by molar-refractivity contribution is -0.144. The van der Waals surface area contributed by atoms with Crippen LogP contribution < -0.4 is 4.74 Å². The minimum absolute atomic E-state index is 0.0328. The van der Waals surface area contributed by atoms with Crippen molar-refractivity contribution in [3.63, 3.8) is 0 Å². The van der Waals surface area contributed by atoms with Gasteiger partial charge in [-0.05, 0) is 50.6 Å². The molecule has 0 aliphatic carbocycles. The monoisotopic (exact) mass is 274 g/mol. The predicted octanol–water partition coefficient (Wildman–Crippen LogP) is 3.59. The standard InChI is InChI=1S/C16H18O4/c1-4-16(2,3)15(19)20-14-8-7-13(18)12-9-10(17)5-6-11(12)14/h5-9,17-18H,4H2,1-3H3. The van der Waals surface area contributed by atoms with Crippen LogP contribution in [0.5, 0.6) is 17.2 Å². The van der Waals surface area contributed by atoms with Crippen molar-refractivity contribution in [1.82, 2.24) is 0 Å². The molecule has 0 saturated heterocycles. The van der Waals surface area contributed by atoms with Crippen LogP contribution in [0.1, 0.15) is 27.2 Å². The maximum Gasteiger partial charge on any atom is 0.316 e. The van der Waals surface area contributed by atoms with Gasteiger partial charge in [0.15, 0.2) is 0 Å². The van der Waals surface area contributed by atoms with Gasteiger partial charge in [-0.15, -0.1) is 0 Å². The van der Waals surface area contributed by atoms with Gasteiger partial charge in [-0.1, -0.05) is 6.92 Å². The zero-order valence-corrected chi connectivity index (χ0v) is 11.8. The molecule has 0 aliphatic heterocycles. The van der Waals surface area contributed by atoms with Crippen LogP contribution in [0.25, 0.3) is 10.8 Å². The summed E-state index contributed by atoms with van der Waals surface area (Å²) in [6, 6.07) is 7.55. The van der Waals surface area contributed by atoms with E-state index < -0.39 is 5.41 Å². The van der Waals surface area contributed by atoms with E-state index >= 15 is 0 Å². The third-order valence-electron chi connectivity index (χ3n) is 3.58. The summed E-state index contributed by atoms with van der Waals surface area (Å²) in [6.07, 6.45) is 0.669. The van der Waals surface area contributed by atoms with Crippen molar-refractivity contribution in [2.45, 2.75) is 27.2 Å². The second kappa shape index (κ2) is 5.04. The zero-order valence-electron chi connectivity index (χ0n) is 11.8. The van der Waals surface area contributed by atoms with Gasteiger partial charge in [0.25, 0.3) is 0 Å². The van der Waals surface area contributed by atoms with Crippen LogP contribution in [0.2, 0.25) is 0 Å². The lowest BCUT2D eigenvalue weighted by atomic mass is 9.90. The Hall–Kier alpha value is -2.23. The largest absolute Gasteiger partial charge is 0.508 e. The molecule has 4 heteroatoms. The third-order valence-corrected chi connectivity index (χ3v) is 3.58. The number of benzene rings is 2. The second-order valence-electron chi connectivity index (χ2n) is 5.44. The Morgan fingerprint density at radius 3 is 2.50 bits per heavy atom. The molecule has 0 unspecified atom stereocenters. The van der Waals surface area contributed by atoms with E-state index in [9.17, 15) is 15.0 Å². The summed E-state index contributed by atoms with van der Waals surface area (Å²) in [6.45, 7) is 5.57. The highest BCUT2D eigenvalue weighted by atomic mass is 16.5. The van der Waals surface area contributed by atoms with Crippen LogP contribution in [0, 0.1) is 5.41 Å². The quantitative estimate of drug-likeness (QED) is 0.663. The number of rotatable bonds is 3. The summed E-state index contributed by atoms with van der Waals surface area (Å²) in [5, 5.41) is 20.3. The van der Waals surface area contributed by atoms with Crippen molar-refractivity contribution in [2.24, 2.45) is 5.41 Å². The minimum Gasteiger partial charge on any atom is -0.508 e. The number of aromatic hydroxyl groups is 2. The number of fused-ring (bicyclic) bond motifs is 1. The fraction of sp³-hybridized carbons (Fsp3) is 0.312. The van der Waals surface area contributed by atoms with Crippen molar-refractivity contribution < 1.29 is 19.7 Å². The lowest BCUT2D eigenvalue weighted by Gasteiger charge is -2.20. The first kappa shape index (κ1) is 14.2. The van der Waals surface area contributed by atoms with Gasteiger partial charge >= 0.3 is 5.97 Å². The molecule has 0 amide bonds. The van der Waals surface area contributed by atoms with E-state index in [1.807, 2.05) is 20.8 Å². The summed E-state index contributed by atoms with van der Waals surface area (Å²) in [4.78, 5) is 12.1. The summed E-state index contributed by atoms with van der Waals surface area (Å²) in [5.74, 6) is 0.139. The molecular formula is C16H18O4. The molecule has 20 heavy (non-hydrogen) atoms. The summed E-state index contributed by atoms with van der Waals surface area (Å²) >= 11 is 0. The van der Waals surface area contributed by atoms with Crippen LogP contribution in [-0.2, 0) is 4.79 Å². The van der Waals surface area contributed by atoms with Crippen LogP contribution in [0.4, 0.5) is 0 Å². The van der Waals surface area contributed by atoms with Crippen molar-refractivity contribution in [2.75, 3.05) is 0 Å². The van der Waals surface area contributed by atoms with E-state index in [0.717, 1.165) is 0 Å². The van der Waals surface area contributed by atoms with Gasteiger partial charge in [-0.25, -0.2) is 0 Å². The fourth-order valence-electron chi connectivity index (χ4n) is 1.76. The number of hydrogen-bond acceptors (Lipinski definition) is 4. The Bertz CT molecular complexity index is 659. The molecule has 0 radical (unpaired) electrons. The fourth-order valence-corrected chi connectivity index (χ4v) is 1.76. The van der Waals surface area contributed by atoms with Gasteiger partial charge in [-0.3, -0.25) is 4.79 Å². The molecule has 2 rings (SSSR count). The lowest BCUT2D eigenvalue weighted by Crippen LogP contribution is -2.28. The van der Waals surface area contributed by atoms with Gasteiger partial charge in [0, 0.05) is 10.8 Å². The van der Waals surface area contributed by atoms with E-state index in [2.05, 4.69) is 0 Å². The van der Waals surface area contributed by atoms with E-state index in [1.165, 1.54) is 18.2 Å². The SMILES string of the molecule is CCC(C)(C)C(=O)Oc1ccc(O)c2cc(O)ccc12. The minimum atomic E-state index is -0.568. The highest BCUT2D eigenvalue weighted by molar-refractivity contribution is 5.95. The molecule has 2 N–H and O–H groups in total. The average molecular weight is 274 g/mol. The van der Waals surface area contributed by atoms with Gasteiger partial charge < -0.3 is 14.9 Å². The first-order valence-corrected chi connectivity index (χ1v) is 6.52. The summed E-state index contributed by atoms with van der Waals surface area (Å²) in [7, 11) is 0. The molecule has 106 valence electrons. The van der Waals surface area contributed by atoms with E-state index in [-0.39, 0.29) is 17.5 Å². The van der Waals surface area contributed by atoms with Crippen LogP contribution in [0.15, 0.2) is 30.3 Å². The number of ether oxygens (including phenoxy) is 1. The van der Waals surface area contributed by atoms with Gasteiger partial charge in [0.05, 0.1) is 5.41 Å². The molecule has 0 bridgehead atoms. The van der Waals surface area contributed by atoms with Crippen molar-refractivity contribution in [3.05, 3.63) is 30.3 Å². The number of esters is 1. The first-order chi connectivity index (χ1) is 9.35. The molecule has 0 saturated carbocycles.